The van der Waals surface area contributed by atoms with Crippen LogP contribution < -0.4 is 5.43 Å². The summed E-state index contributed by atoms with van der Waals surface area (Å²) >= 11 is 0. The molecule has 0 aliphatic rings. The maximum Gasteiger partial charge on any atom is 0.271 e. The number of hydrazone groups is 1. The van der Waals surface area contributed by atoms with E-state index in [9.17, 15) is 10.1 Å². The molecule has 0 unspecified atom stereocenters. The van der Waals surface area contributed by atoms with Gasteiger partial charge in [0.25, 0.3) is 5.91 Å². The van der Waals surface area contributed by atoms with E-state index in [0.717, 1.165) is 5.56 Å². The molecule has 1 heterocycles. The molecule has 5 heteroatoms. The van der Waals surface area contributed by atoms with Crippen LogP contribution in [-0.4, -0.2) is 12.1 Å². The summed E-state index contributed by atoms with van der Waals surface area (Å²) in [6.45, 7) is 6.37. The van der Waals surface area contributed by atoms with E-state index in [1.807, 2.05) is 24.3 Å². The molecular formula is C23H21N3O2. The third-order valence-electron chi connectivity index (χ3n) is 4.31. The molecule has 0 aliphatic heterocycles. The zero-order valence-corrected chi connectivity index (χ0v) is 16.1. The third kappa shape index (κ3) is 4.36. The van der Waals surface area contributed by atoms with Crippen molar-refractivity contribution in [3.63, 3.8) is 0 Å². The van der Waals surface area contributed by atoms with Gasteiger partial charge in [-0.05, 0) is 47.4 Å². The summed E-state index contributed by atoms with van der Waals surface area (Å²) in [7, 11) is 0. The summed E-state index contributed by atoms with van der Waals surface area (Å²) in [6.07, 6.45) is 1.43. The molecule has 1 amide bonds. The Labute approximate surface area is 164 Å². The van der Waals surface area contributed by atoms with Crippen LogP contribution in [0, 0.1) is 11.3 Å². The molecule has 2 aromatic carbocycles. The minimum Gasteiger partial charge on any atom is -0.455 e. The predicted molar refractivity (Wildman–Crippen MR) is 109 cm³/mol. The first-order chi connectivity index (χ1) is 13.4. The van der Waals surface area contributed by atoms with Crippen LogP contribution in [0.25, 0.3) is 11.3 Å². The predicted octanol–water partition coefficient (Wildman–Crippen LogP) is 4.88. The fourth-order valence-corrected chi connectivity index (χ4v) is 2.70. The van der Waals surface area contributed by atoms with Crippen LogP contribution in [0.15, 0.2) is 70.2 Å². The number of hydrogen-bond acceptors (Lipinski definition) is 4. The molecule has 0 saturated heterocycles. The number of benzene rings is 2. The van der Waals surface area contributed by atoms with Gasteiger partial charge in [0.1, 0.15) is 11.5 Å². The van der Waals surface area contributed by atoms with E-state index in [1.165, 1.54) is 6.21 Å². The molecule has 0 radical (unpaired) electrons. The highest BCUT2D eigenvalue weighted by Crippen LogP contribution is 2.25. The Morgan fingerprint density at radius 3 is 2.46 bits per heavy atom. The van der Waals surface area contributed by atoms with E-state index in [4.69, 9.17) is 4.42 Å². The molecular weight excluding hydrogens is 350 g/mol. The summed E-state index contributed by atoms with van der Waals surface area (Å²) in [5.41, 5.74) is 5.48. The largest absolute Gasteiger partial charge is 0.455 e. The van der Waals surface area contributed by atoms with Crippen molar-refractivity contribution in [3.8, 4) is 17.4 Å². The standard InChI is InChI=1S/C23H21N3O2/c1-23(2,3)18-10-8-16(9-11-18)22(27)26-25-15-19-12-13-21(28-19)20-7-5-4-6-17(20)14-24/h4-13,15H,1-3H3,(H,26,27)/b25-15-. The molecule has 1 aromatic heterocycles. The van der Waals surface area contributed by atoms with Crippen molar-refractivity contribution in [2.75, 3.05) is 0 Å². The lowest BCUT2D eigenvalue weighted by Crippen LogP contribution is -2.18. The highest BCUT2D eigenvalue weighted by molar-refractivity contribution is 5.94. The highest BCUT2D eigenvalue weighted by Gasteiger charge is 2.14. The van der Waals surface area contributed by atoms with Crippen molar-refractivity contribution in [3.05, 3.63) is 83.1 Å². The van der Waals surface area contributed by atoms with Gasteiger partial charge in [-0.15, -0.1) is 0 Å². The quantitative estimate of drug-likeness (QED) is 0.524. The van der Waals surface area contributed by atoms with Gasteiger partial charge in [0.15, 0.2) is 0 Å². The van der Waals surface area contributed by atoms with Gasteiger partial charge in [0, 0.05) is 11.1 Å². The SMILES string of the molecule is CC(C)(C)c1ccc(C(=O)N/N=C\c2ccc(-c3ccccc3C#N)o2)cc1. The van der Waals surface area contributed by atoms with Crippen LogP contribution in [0.5, 0.6) is 0 Å². The number of nitriles is 1. The van der Waals surface area contributed by atoms with Crippen LogP contribution in [-0.2, 0) is 5.41 Å². The Balaban J connectivity index is 1.66. The van der Waals surface area contributed by atoms with Crippen LogP contribution >= 0.6 is 0 Å². The second-order valence-electron chi connectivity index (χ2n) is 7.39. The Hall–Kier alpha value is -3.65. The van der Waals surface area contributed by atoms with E-state index in [0.29, 0.717) is 28.2 Å². The number of carbonyl (C=O) groups is 1. The first-order valence-corrected chi connectivity index (χ1v) is 8.92. The molecule has 0 bridgehead atoms. The maximum atomic E-state index is 12.2. The molecule has 0 saturated carbocycles. The van der Waals surface area contributed by atoms with Crippen LogP contribution in [0.2, 0.25) is 0 Å². The smallest absolute Gasteiger partial charge is 0.271 e. The monoisotopic (exact) mass is 371 g/mol. The van der Waals surface area contributed by atoms with Gasteiger partial charge < -0.3 is 4.42 Å². The summed E-state index contributed by atoms with van der Waals surface area (Å²) in [4.78, 5) is 12.2. The highest BCUT2D eigenvalue weighted by atomic mass is 16.3. The summed E-state index contributed by atoms with van der Waals surface area (Å²) in [5.74, 6) is 0.757. The second kappa shape index (κ2) is 7.93. The Morgan fingerprint density at radius 1 is 1.07 bits per heavy atom. The molecule has 3 aromatic rings. The Morgan fingerprint density at radius 2 is 1.79 bits per heavy atom. The van der Waals surface area contributed by atoms with Gasteiger partial charge in [-0.1, -0.05) is 45.0 Å². The lowest BCUT2D eigenvalue weighted by molar-refractivity contribution is 0.0955. The van der Waals surface area contributed by atoms with Crippen LogP contribution in [0.1, 0.15) is 48.0 Å². The number of hydrogen-bond donors (Lipinski definition) is 1. The lowest BCUT2D eigenvalue weighted by Gasteiger charge is -2.18. The van der Waals surface area contributed by atoms with Gasteiger partial charge in [-0.25, -0.2) is 5.43 Å². The summed E-state index contributed by atoms with van der Waals surface area (Å²) in [5, 5.41) is 13.1. The fraction of sp³-hybridized carbons (Fsp3) is 0.174. The van der Waals surface area contributed by atoms with Gasteiger partial charge in [0.05, 0.1) is 17.8 Å². The Kier molecular flexibility index (Phi) is 5.42. The van der Waals surface area contributed by atoms with Gasteiger partial charge >= 0.3 is 0 Å². The van der Waals surface area contributed by atoms with Crippen molar-refractivity contribution in [2.24, 2.45) is 5.10 Å². The average Bonchev–Trinajstić information content (AvgIpc) is 3.16. The minimum absolute atomic E-state index is 0.0360. The number of nitrogens with zero attached hydrogens (tertiary/aromatic N) is 2. The summed E-state index contributed by atoms with van der Waals surface area (Å²) < 4.78 is 5.70. The molecule has 0 aliphatic carbocycles. The van der Waals surface area contributed by atoms with Crippen LogP contribution in [0.4, 0.5) is 0 Å². The van der Waals surface area contributed by atoms with E-state index < -0.39 is 0 Å². The fourth-order valence-electron chi connectivity index (χ4n) is 2.70. The van der Waals surface area contributed by atoms with Gasteiger partial charge in [-0.2, -0.15) is 10.4 Å². The minimum atomic E-state index is -0.293. The number of amides is 1. The van der Waals surface area contributed by atoms with E-state index in [2.05, 4.69) is 37.4 Å². The van der Waals surface area contributed by atoms with E-state index >= 15 is 0 Å². The maximum absolute atomic E-state index is 12.2. The molecule has 0 fully saturated rings. The third-order valence-corrected chi connectivity index (χ3v) is 4.31. The molecule has 140 valence electrons. The molecule has 5 nitrogen and oxygen atoms in total. The van der Waals surface area contributed by atoms with Crippen molar-refractivity contribution < 1.29 is 9.21 Å². The number of carbonyl (C=O) groups excluding carboxylic acids is 1. The summed E-state index contributed by atoms with van der Waals surface area (Å²) in [6, 6.07) is 20.3. The second-order valence-corrected chi connectivity index (χ2v) is 7.39. The first-order valence-electron chi connectivity index (χ1n) is 8.92. The first kappa shape index (κ1) is 19.1. The zero-order valence-electron chi connectivity index (χ0n) is 16.1. The molecule has 3 rings (SSSR count). The lowest BCUT2D eigenvalue weighted by atomic mass is 9.87. The zero-order chi connectivity index (χ0) is 20.1. The van der Waals surface area contributed by atoms with Gasteiger partial charge in [-0.3, -0.25) is 4.79 Å². The number of rotatable bonds is 4. The van der Waals surface area contributed by atoms with Crippen molar-refractivity contribution in [2.45, 2.75) is 26.2 Å². The topological polar surface area (TPSA) is 78.4 Å². The van der Waals surface area contributed by atoms with E-state index in [-0.39, 0.29) is 11.3 Å². The average molecular weight is 371 g/mol. The van der Waals surface area contributed by atoms with Gasteiger partial charge in [0.2, 0.25) is 0 Å². The van der Waals surface area contributed by atoms with Crippen molar-refractivity contribution in [1.29, 1.82) is 5.26 Å². The molecule has 1 N–H and O–H groups in total. The van der Waals surface area contributed by atoms with E-state index in [1.54, 1.807) is 36.4 Å². The Bertz CT molecular complexity index is 1050. The molecule has 0 spiro atoms. The molecule has 0 atom stereocenters. The van der Waals surface area contributed by atoms with Crippen molar-refractivity contribution in [1.82, 2.24) is 5.43 Å². The van der Waals surface area contributed by atoms with Crippen LogP contribution in [0.3, 0.4) is 0 Å². The normalized spacial score (nSPS) is 11.4. The number of nitrogens with one attached hydrogen (secondary N) is 1. The number of furan rings is 1. The molecule has 28 heavy (non-hydrogen) atoms. The van der Waals surface area contributed by atoms with Crippen molar-refractivity contribution >= 4 is 12.1 Å².